The van der Waals surface area contributed by atoms with Crippen molar-refractivity contribution in [1.29, 1.82) is 0 Å². The molecule has 3 nitrogen and oxygen atoms in total. The van der Waals surface area contributed by atoms with E-state index >= 15 is 0 Å². The van der Waals surface area contributed by atoms with E-state index in [1.165, 1.54) is 0 Å². The van der Waals surface area contributed by atoms with Gasteiger partial charge in [0.05, 0.1) is 10.8 Å². The zero-order valence-corrected chi connectivity index (χ0v) is 19.2. The van der Waals surface area contributed by atoms with Crippen molar-refractivity contribution in [3.05, 3.63) is 23.5 Å². The number of fused-ring (bicyclic) bond motifs is 1. The Morgan fingerprint density at radius 1 is 1.04 bits per heavy atom. The molecule has 0 aromatic heterocycles. The fourth-order valence-electron chi connectivity index (χ4n) is 5.71. The third kappa shape index (κ3) is 3.00. The van der Waals surface area contributed by atoms with E-state index in [9.17, 15) is 9.59 Å². The summed E-state index contributed by atoms with van der Waals surface area (Å²) in [6.07, 6.45) is 6.49. The minimum absolute atomic E-state index is 0.0184. The number of hydrogen-bond donors (Lipinski definition) is 0. The summed E-state index contributed by atoms with van der Waals surface area (Å²) in [4.78, 5) is 26.8. The maximum absolute atomic E-state index is 13.6. The van der Waals surface area contributed by atoms with Crippen molar-refractivity contribution in [3.63, 3.8) is 0 Å². The van der Waals surface area contributed by atoms with Gasteiger partial charge in [-0.05, 0) is 77.2 Å². The summed E-state index contributed by atoms with van der Waals surface area (Å²) in [6, 6.07) is 0. The van der Waals surface area contributed by atoms with Crippen LogP contribution >= 0.6 is 0 Å². The molecular formula is C25H38O3. The Morgan fingerprint density at radius 3 is 2.18 bits per heavy atom. The summed E-state index contributed by atoms with van der Waals surface area (Å²) in [5.74, 6) is 2.52. The molecule has 0 amide bonds. The molecule has 4 atom stereocenters. The largest absolute Gasteiger partial charge is 0.486 e. The van der Waals surface area contributed by atoms with Crippen LogP contribution in [0.15, 0.2) is 23.5 Å². The predicted molar refractivity (Wildman–Crippen MR) is 113 cm³/mol. The second-order valence-electron chi connectivity index (χ2n) is 11.3. The molecule has 28 heavy (non-hydrogen) atoms. The normalized spacial score (nSPS) is 36.5. The van der Waals surface area contributed by atoms with E-state index in [1.807, 2.05) is 13.8 Å². The lowest BCUT2D eigenvalue weighted by Crippen LogP contribution is -2.58. The zero-order valence-electron chi connectivity index (χ0n) is 19.2. The molecule has 0 saturated carbocycles. The Bertz CT molecular complexity index is 750. The van der Waals surface area contributed by atoms with Crippen molar-refractivity contribution in [2.45, 2.75) is 80.8 Å². The molecule has 156 valence electrons. The molecule has 0 aromatic rings. The van der Waals surface area contributed by atoms with Gasteiger partial charge in [-0.25, -0.2) is 0 Å². The van der Waals surface area contributed by atoms with Gasteiger partial charge in [-0.1, -0.05) is 33.8 Å². The van der Waals surface area contributed by atoms with E-state index in [4.69, 9.17) is 4.74 Å². The first-order valence-corrected chi connectivity index (χ1v) is 11.0. The lowest BCUT2D eigenvalue weighted by Gasteiger charge is -2.55. The van der Waals surface area contributed by atoms with Gasteiger partial charge in [-0.3, -0.25) is 9.59 Å². The molecule has 3 rings (SSSR count). The Hall–Kier alpha value is -1.38. The van der Waals surface area contributed by atoms with Crippen LogP contribution in [-0.2, 0) is 14.3 Å². The lowest BCUT2D eigenvalue weighted by atomic mass is 9.55. The highest BCUT2D eigenvalue weighted by Crippen LogP contribution is 2.57. The molecule has 3 aliphatic rings. The molecule has 0 bridgehead atoms. The molecule has 0 aromatic carbocycles. The minimum Gasteiger partial charge on any atom is -0.486 e. The molecule has 1 aliphatic heterocycles. The first-order valence-electron chi connectivity index (χ1n) is 11.0. The summed E-state index contributed by atoms with van der Waals surface area (Å²) >= 11 is 0. The number of Topliss-reactive ketones (excluding diaryl/α,β-unsaturated/α-hetero) is 2. The highest BCUT2D eigenvalue weighted by atomic mass is 16.5. The second-order valence-corrected chi connectivity index (χ2v) is 11.3. The number of ketones is 2. The van der Waals surface area contributed by atoms with Crippen LogP contribution in [0.1, 0.15) is 75.2 Å². The van der Waals surface area contributed by atoms with Gasteiger partial charge >= 0.3 is 0 Å². The fraction of sp³-hybridized carbons (Fsp3) is 0.760. The third-order valence-corrected chi connectivity index (χ3v) is 7.46. The lowest BCUT2D eigenvalue weighted by molar-refractivity contribution is -0.152. The summed E-state index contributed by atoms with van der Waals surface area (Å²) in [7, 11) is 0. The van der Waals surface area contributed by atoms with Crippen LogP contribution < -0.4 is 0 Å². The van der Waals surface area contributed by atoms with Crippen LogP contribution in [0.5, 0.6) is 0 Å². The Morgan fingerprint density at radius 2 is 1.64 bits per heavy atom. The summed E-state index contributed by atoms with van der Waals surface area (Å²) < 4.78 is 6.62. The fourth-order valence-corrected chi connectivity index (χ4v) is 5.71. The maximum atomic E-state index is 13.6. The standard InChI is InChI=1S/C25H38O3/c1-14(2)12-17-18-13-16(15(3)4)10-11-25(18,9)28-21-19(17)20(26)23(5,6)22(27)24(21,7)8/h10-11,14-18H,12-13H2,1-9H3/t16-,17-,18-,25+/m0/s1. The highest BCUT2D eigenvalue weighted by Gasteiger charge is 2.61. The molecule has 0 radical (unpaired) electrons. The van der Waals surface area contributed by atoms with Crippen molar-refractivity contribution < 1.29 is 14.3 Å². The van der Waals surface area contributed by atoms with Gasteiger partial charge < -0.3 is 4.74 Å². The maximum Gasteiger partial charge on any atom is 0.175 e. The van der Waals surface area contributed by atoms with Gasteiger partial charge in [0.1, 0.15) is 11.4 Å². The zero-order chi connectivity index (χ0) is 21.2. The topological polar surface area (TPSA) is 43.4 Å². The SMILES string of the molecule is CC(C)C[C@@H]1C2=C(O[C@]3(C)C=C[C@H](C(C)C)C[C@@H]13)C(C)(C)C(=O)C(C)(C)C2=O. The molecule has 0 N–H and O–H groups in total. The van der Waals surface area contributed by atoms with Crippen molar-refractivity contribution >= 4 is 11.6 Å². The van der Waals surface area contributed by atoms with Gasteiger partial charge in [0, 0.05) is 11.5 Å². The van der Waals surface area contributed by atoms with E-state index in [0.717, 1.165) is 18.4 Å². The first-order chi connectivity index (χ1) is 12.7. The number of rotatable bonds is 3. The molecule has 1 heterocycles. The molecule has 3 heteroatoms. The van der Waals surface area contributed by atoms with Crippen molar-refractivity contribution in [2.75, 3.05) is 0 Å². The van der Waals surface area contributed by atoms with Crippen molar-refractivity contribution in [1.82, 2.24) is 0 Å². The van der Waals surface area contributed by atoms with Gasteiger partial charge in [0.15, 0.2) is 11.6 Å². The number of carbonyl (C=O) groups is 2. The number of carbonyl (C=O) groups excluding carboxylic acids is 2. The molecule has 0 saturated heterocycles. The van der Waals surface area contributed by atoms with Crippen molar-refractivity contribution in [2.24, 2.45) is 40.4 Å². The van der Waals surface area contributed by atoms with Crippen LogP contribution in [0.2, 0.25) is 0 Å². The molecule has 0 fully saturated rings. The number of hydrogen-bond acceptors (Lipinski definition) is 3. The van der Waals surface area contributed by atoms with Crippen LogP contribution in [0.3, 0.4) is 0 Å². The van der Waals surface area contributed by atoms with Gasteiger partial charge in [0.25, 0.3) is 0 Å². The number of ether oxygens (including phenoxy) is 1. The average molecular weight is 387 g/mol. The quantitative estimate of drug-likeness (QED) is 0.458. The van der Waals surface area contributed by atoms with Crippen LogP contribution in [0.4, 0.5) is 0 Å². The predicted octanol–water partition coefficient (Wildman–Crippen LogP) is 5.74. The molecule has 2 aliphatic carbocycles. The van der Waals surface area contributed by atoms with Gasteiger partial charge in [0.2, 0.25) is 0 Å². The summed E-state index contributed by atoms with van der Waals surface area (Å²) in [5.41, 5.74) is -1.41. The van der Waals surface area contributed by atoms with E-state index in [2.05, 4.69) is 46.8 Å². The van der Waals surface area contributed by atoms with Gasteiger partial charge in [-0.2, -0.15) is 0 Å². The third-order valence-electron chi connectivity index (χ3n) is 7.46. The summed E-state index contributed by atoms with van der Waals surface area (Å²) in [5, 5.41) is 0. The van der Waals surface area contributed by atoms with Gasteiger partial charge in [-0.15, -0.1) is 0 Å². The number of allylic oxidation sites excluding steroid dienone is 3. The highest BCUT2D eigenvalue weighted by molar-refractivity contribution is 6.19. The minimum atomic E-state index is -0.989. The second kappa shape index (κ2) is 6.57. The van der Waals surface area contributed by atoms with Crippen LogP contribution in [0, 0.1) is 40.4 Å². The Balaban J connectivity index is 2.21. The van der Waals surface area contributed by atoms with Crippen LogP contribution in [0.25, 0.3) is 0 Å². The van der Waals surface area contributed by atoms with E-state index < -0.39 is 16.4 Å². The van der Waals surface area contributed by atoms with E-state index in [1.54, 1.807) is 13.8 Å². The summed E-state index contributed by atoms with van der Waals surface area (Å²) in [6.45, 7) is 18.6. The monoisotopic (exact) mass is 386 g/mol. The molecule has 0 unspecified atom stereocenters. The van der Waals surface area contributed by atoms with E-state index in [0.29, 0.717) is 23.5 Å². The van der Waals surface area contributed by atoms with Crippen molar-refractivity contribution in [3.8, 4) is 0 Å². The van der Waals surface area contributed by atoms with Crippen LogP contribution in [-0.4, -0.2) is 17.2 Å². The first kappa shape index (κ1) is 21.3. The molecule has 0 spiro atoms. The smallest absolute Gasteiger partial charge is 0.175 e. The molecular weight excluding hydrogens is 348 g/mol. The average Bonchev–Trinajstić information content (AvgIpc) is 2.57. The Labute approximate surface area is 171 Å². The Kier molecular flexibility index (Phi) is 5.00. The van der Waals surface area contributed by atoms with E-state index in [-0.39, 0.29) is 23.4 Å².